The van der Waals surface area contributed by atoms with Crippen LogP contribution in [-0.2, 0) is 20.1 Å². The Morgan fingerprint density at radius 3 is 2.62 bits per heavy atom. The Morgan fingerprint density at radius 1 is 1.19 bits per heavy atom. The number of piperidine rings is 1. The van der Waals surface area contributed by atoms with E-state index in [-0.39, 0.29) is 0 Å². The third-order valence-corrected chi connectivity index (χ3v) is 3.94. The van der Waals surface area contributed by atoms with E-state index in [9.17, 15) is 0 Å². The minimum absolute atomic E-state index is 0.556. The van der Waals surface area contributed by atoms with Crippen molar-refractivity contribution in [3.8, 4) is 0 Å². The van der Waals surface area contributed by atoms with Crippen LogP contribution in [0.3, 0.4) is 0 Å². The van der Waals surface area contributed by atoms with Gasteiger partial charge in [-0.1, -0.05) is 30.3 Å². The molecule has 1 aromatic heterocycles. The Kier molecular flexibility index (Phi) is 4.57. The molecule has 1 N–H and O–H groups in total. The van der Waals surface area contributed by atoms with Crippen molar-refractivity contribution in [2.24, 2.45) is 7.05 Å². The van der Waals surface area contributed by atoms with Crippen molar-refractivity contribution in [3.63, 3.8) is 0 Å². The predicted molar refractivity (Wildman–Crippen MR) is 80.4 cm³/mol. The summed E-state index contributed by atoms with van der Waals surface area (Å²) in [5, 5.41) is 15.6. The van der Waals surface area contributed by atoms with Gasteiger partial charge in [0.2, 0.25) is 0 Å². The van der Waals surface area contributed by atoms with Gasteiger partial charge in [-0.25, -0.2) is 0 Å². The highest BCUT2D eigenvalue weighted by atomic mass is 15.6. The van der Waals surface area contributed by atoms with Crippen LogP contribution in [0.25, 0.3) is 0 Å². The second-order valence-corrected chi connectivity index (χ2v) is 5.61. The number of hydrogen-bond donors (Lipinski definition) is 1. The van der Waals surface area contributed by atoms with Gasteiger partial charge in [0, 0.05) is 12.6 Å². The van der Waals surface area contributed by atoms with Crippen LogP contribution in [0.1, 0.15) is 24.2 Å². The predicted octanol–water partition coefficient (Wildman–Crippen LogP) is 0.964. The van der Waals surface area contributed by atoms with Crippen LogP contribution in [0.15, 0.2) is 30.3 Å². The first-order chi connectivity index (χ1) is 10.3. The SMILES string of the molecule is Cn1nnc(CNC2CCN(Cc3ccccc3)CC2)n1. The lowest BCUT2D eigenvalue weighted by atomic mass is 10.0. The van der Waals surface area contributed by atoms with Gasteiger partial charge < -0.3 is 5.32 Å². The maximum Gasteiger partial charge on any atom is 0.188 e. The molecule has 2 heterocycles. The Hall–Kier alpha value is -1.79. The standard InChI is InChI=1S/C15H22N6/c1-20-18-15(17-19-20)11-16-14-7-9-21(10-8-14)12-13-5-3-2-4-6-13/h2-6,14,16H,7-12H2,1H3. The number of tetrazole rings is 1. The van der Waals surface area contributed by atoms with Gasteiger partial charge in [0.25, 0.3) is 0 Å². The monoisotopic (exact) mass is 286 g/mol. The van der Waals surface area contributed by atoms with E-state index >= 15 is 0 Å². The summed E-state index contributed by atoms with van der Waals surface area (Å²) in [6.45, 7) is 4.04. The molecule has 1 aliphatic rings. The quantitative estimate of drug-likeness (QED) is 0.887. The summed E-state index contributed by atoms with van der Waals surface area (Å²) in [5.74, 6) is 0.768. The number of rotatable bonds is 5. The largest absolute Gasteiger partial charge is 0.307 e. The summed E-state index contributed by atoms with van der Waals surface area (Å²) >= 11 is 0. The first-order valence-corrected chi connectivity index (χ1v) is 7.52. The highest BCUT2D eigenvalue weighted by Crippen LogP contribution is 2.14. The first kappa shape index (κ1) is 14.2. The van der Waals surface area contributed by atoms with Crippen molar-refractivity contribution >= 4 is 0 Å². The topological polar surface area (TPSA) is 58.9 Å². The lowest BCUT2D eigenvalue weighted by Crippen LogP contribution is -2.42. The normalized spacial score (nSPS) is 17.2. The van der Waals surface area contributed by atoms with Crippen LogP contribution in [0.5, 0.6) is 0 Å². The maximum atomic E-state index is 4.19. The van der Waals surface area contributed by atoms with Crippen LogP contribution in [0, 0.1) is 0 Å². The maximum absolute atomic E-state index is 4.19. The molecule has 0 saturated carbocycles. The number of aromatic nitrogens is 4. The smallest absolute Gasteiger partial charge is 0.188 e. The second-order valence-electron chi connectivity index (χ2n) is 5.61. The minimum Gasteiger partial charge on any atom is -0.307 e. The average Bonchev–Trinajstić information content (AvgIpc) is 2.93. The number of hydrogen-bond acceptors (Lipinski definition) is 5. The molecular weight excluding hydrogens is 264 g/mol. The Morgan fingerprint density at radius 2 is 1.95 bits per heavy atom. The number of benzene rings is 1. The molecular formula is C15H22N6. The van der Waals surface area contributed by atoms with Gasteiger partial charge in [0.1, 0.15) is 0 Å². The third-order valence-electron chi connectivity index (χ3n) is 3.94. The molecule has 0 aliphatic carbocycles. The summed E-state index contributed by atoms with van der Waals surface area (Å²) in [6.07, 6.45) is 2.35. The average molecular weight is 286 g/mol. The number of nitrogens with one attached hydrogen (secondary N) is 1. The van der Waals surface area contributed by atoms with E-state index in [0.29, 0.717) is 12.6 Å². The lowest BCUT2D eigenvalue weighted by Gasteiger charge is -2.32. The number of nitrogens with zero attached hydrogens (tertiary/aromatic N) is 5. The van der Waals surface area contributed by atoms with Gasteiger partial charge in [0.05, 0.1) is 13.6 Å². The van der Waals surface area contributed by atoms with Gasteiger partial charge in [-0.2, -0.15) is 4.80 Å². The molecule has 0 bridgehead atoms. The molecule has 0 unspecified atom stereocenters. The van der Waals surface area contributed by atoms with Crippen molar-refractivity contribution in [1.82, 2.24) is 30.4 Å². The van der Waals surface area contributed by atoms with Crippen LogP contribution < -0.4 is 5.32 Å². The molecule has 6 heteroatoms. The molecule has 21 heavy (non-hydrogen) atoms. The molecule has 0 amide bonds. The summed E-state index contributed by atoms with van der Waals surface area (Å²) in [4.78, 5) is 4.02. The van der Waals surface area contributed by atoms with E-state index in [0.717, 1.165) is 25.5 Å². The molecule has 112 valence electrons. The molecule has 6 nitrogen and oxygen atoms in total. The molecule has 2 aromatic rings. The van der Waals surface area contributed by atoms with Crippen LogP contribution >= 0.6 is 0 Å². The van der Waals surface area contributed by atoms with E-state index in [2.05, 4.69) is 56.0 Å². The molecule has 0 spiro atoms. The highest BCUT2D eigenvalue weighted by Gasteiger charge is 2.19. The van der Waals surface area contributed by atoms with Gasteiger partial charge in [-0.3, -0.25) is 4.90 Å². The third kappa shape index (κ3) is 4.09. The van der Waals surface area contributed by atoms with E-state index in [1.165, 1.54) is 23.2 Å². The fourth-order valence-electron chi connectivity index (χ4n) is 2.77. The Balaban J connectivity index is 1.40. The van der Waals surface area contributed by atoms with Crippen molar-refractivity contribution in [1.29, 1.82) is 0 Å². The summed E-state index contributed by atoms with van der Waals surface area (Å²) in [7, 11) is 1.79. The number of aryl methyl sites for hydroxylation is 1. The molecule has 0 atom stereocenters. The van der Waals surface area contributed by atoms with Crippen LogP contribution in [0.4, 0.5) is 0 Å². The van der Waals surface area contributed by atoms with Crippen molar-refractivity contribution in [2.45, 2.75) is 32.0 Å². The molecule has 3 rings (SSSR count). The summed E-state index contributed by atoms with van der Waals surface area (Å²) < 4.78 is 0. The van der Waals surface area contributed by atoms with Gasteiger partial charge >= 0.3 is 0 Å². The van der Waals surface area contributed by atoms with E-state index in [1.807, 2.05) is 0 Å². The summed E-state index contributed by atoms with van der Waals surface area (Å²) in [5.41, 5.74) is 1.40. The zero-order valence-electron chi connectivity index (χ0n) is 12.4. The van der Waals surface area contributed by atoms with E-state index in [4.69, 9.17) is 0 Å². The summed E-state index contributed by atoms with van der Waals surface area (Å²) in [6, 6.07) is 11.2. The molecule has 1 aliphatic heterocycles. The first-order valence-electron chi connectivity index (χ1n) is 7.52. The minimum atomic E-state index is 0.556. The van der Waals surface area contributed by atoms with Crippen LogP contribution in [-0.4, -0.2) is 44.2 Å². The zero-order chi connectivity index (χ0) is 14.5. The Labute approximate surface area is 125 Å². The van der Waals surface area contributed by atoms with E-state index in [1.54, 1.807) is 7.05 Å². The van der Waals surface area contributed by atoms with E-state index < -0.39 is 0 Å². The highest BCUT2D eigenvalue weighted by molar-refractivity contribution is 5.14. The molecule has 0 radical (unpaired) electrons. The van der Waals surface area contributed by atoms with Crippen molar-refractivity contribution in [2.75, 3.05) is 13.1 Å². The van der Waals surface area contributed by atoms with Gasteiger partial charge in [-0.15, -0.1) is 10.2 Å². The fourth-order valence-corrected chi connectivity index (χ4v) is 2.77. The molecule has 1 fully saturated rings. The Bertz CT molecular complexity index is 544. The van der Waals surface area contributed by atoms with Crippen molar-refractivity contribution < 1.29 is 0 Å². The van der Waals surface area contributed by atoms with Gasteiger partial charge in [0.15, 0.2) is 5.82 Å². The fraction of sp³-hybridized carbons (Fsp3) is 0.533. The zero-order valence-corrected chi connectivity index (χ0v) is 12.4. The van der Waals surface area contributed by atoms with Gasteiger partial charge in [-0.05, 0) is 36.7 Å². The molecule has 1 saturated heterocycles. The number of likely N-dealkylation sites (tertiary alicyclic amines) is 1. The lowest BCUT2D eigenvalue weighted by molar-refractivity contribution is 0.189. The molecule has 1 aromatic carbocycles. The second kappa shape index (κ2) is 6.78. The van der Waals surface area contributed by atoms with Crippen LogP contribution in [0.2, 0.25) is 0 Å². The van der Waals surface area contributed by atoms with Crippen molar-refractivity contribution in [3.05, 3.63) is 41.7 Å².